The second kappa shape index (κ2) is 8.56. The van der Waals surface area contributed by atoms with E-state index >= 15 is 0 Å². The molecule has 32 heavy (non-hydrogen) atoms. The lowest BCUT2D eigenvalue weighted by Crippen LogP contribution is -2.16. The molecule has 1 atom stereocenters. The van der Waals surface area contributed by atoms with Crippen LogP contribution in [-0.2, 0) is 16.2 Å². The lowest BCUT2D eigenvalue weighted by Gasteiger charge is -2.26. The van der Waals surface area contributed by atoms with E-state index in [4.69, 9.17) is 18.7 Å². The highest BCUT2D eigenvalue weighted by Gasteiger charge is 2.27. The van der Waals surface area contributed by atoms with Gasteiger partial charge in [-0.3, -0.25) is 4.52 Å². The van der Waals surface area contributed by atoms with Crippen molar-refractivity contribution in [2.75, 3.05) is 13.2 Å². The maximum atomic E-state index is 6.54. The topological polar surface area (TPSA) is 61.5 Å². The van der Waals surface area contributed by atoms with Gasteiger partial charge in [-0.25, -0.2) is 0 Å². The van der Waals surface area contributed by atoms with Crippen molar-refractivity contribution in [2.24, 2.45) is 5.73 Å². The minimum absolute atomic E-state index is 0.000177. The minimum Gasteiger partial charge on any atom is -0.399 e. The molecule has 0 aliphatic carbocycles. The van der Waals surface area contributed by atoms with Crippen LogP contribution in [0.25, 0.3) is 21.9 Å². The number of hydrogen-bond acceptors (Lipinski definition) is 4. The average Bonchev–Trinajstić information content (AvgIpc) is 2.79. The molecule has 176 valence electrons. The molecule has 0 saturated carbocycles. The van der Waals surface area contributed by atoms with E-state index in [-0.39, 0.29) is 16.2 Å². The number of hydrogen-bond donors (Lipinski definition) is 1. The van der Waals surface area contributed by atoms with E-state index in [0.717, 1.165) is 27.5 Å². The van der Waals surface area contributed by atoms with E-state index in [1.807, 2.05) is 0 Å². The Labute approximate surface area is 194 Å². The minimum atomic E-state index is -1.63. The highest BCUT2D eigenvalue weighted by molar-refractivity contribution is 7.31. The van der Waals surface area contributed by atoms with E-state index < -0.39 is 8.24 Å². The molecule has 0 spiro atoms. The molecule has 0 saturated heterocycles. The van der Waals surface area contributed by atoms with Crippen LogP contribution in [0.15, 0.2) is 32.7 Å². The molecule has 1 heterocycles. The summed E-state index contributed by atoms with van der Waals surface area (Å²) in [6, 6.07) is 9.01. The monoisotopic (exact) mass is 457 g/mol. The molecular weight excluding hydrogens is 417 g/mol. The summed E-state index contributed by atoms with van der Waals surface area (Å²) >= 11 is 0. The lowest BCUT2D eigenvalue weighted by molar-refractivity contribution is 0.380. The summed E-state index contributed by atoms with van der Waals surface area (Å²) in [7, 11) is -1.63. The third-order valence-corrected chi connectivity index (χ3v) is 6.80. The van der Waals surface area contributed by atoms with Crippen molar-refractivity contribution in [3.63, 3.8) is 0 Å². The van der Waals surface area contributed by atoms with Gasteiger partial charge >= 0.3 is 8.24 Å². The molecule has 0 amide bonds. The van der Waals surface area contributed by atoms with Crippen molar-refractivity contribution in [1.82, 2.24) is 0 Å². The van der Waals surface area contributed by atoms with Crippen LogP contribution >= 0.6 is 8.24 Å². The van der Waals surface area contributed by atoms with E-state index in [2.05, 4.69) is 93.5 Å². The number of nitrogens with two attached hydrogens (primary N) is 1. The molecule has 0 aliphatic heterocycles. The first kappa shape index (κ1) is 24.9. The molecule has 0 fully saturated rings. The SMILES string of the molecule is Cc1cc(C(C)(C)C)c2op(OCCN)oc3c(C(C)(C)C)cc(C(C)(C)C)cc3c2c1. The number of benzene rings is 2. The summed E-state index contributed by atoms with van der Waals surface area (Å²) in [6.45, 7) is 23.0. The van der Waals surface area contributed by atoms with Gasteiger partial charge in [0, 0.05) is 28.4 Å². The first-order valence-corrected chi connectivity index (χ1v) is 12.6. The fourth-order valence-corrected chi connectivity index (χ4v) is 4.98. The van der Waals surface area contributed by atoms with Crippen molar-refractivity contribution in [1.29, 1.82) is 0 Å². The Morgan fingerprint density at radius 1 is 0.750 bits per heavy atom. The Balaban J connectivity index is 2.66. The van der Waals surface area contributed by atoms with Crippen molar-refractivity contribution in [3.8, 4) is 0 Å². The fourth-order valence-electron chi connectivity index (χ4n) is 3.89. The Bertz CT molecular complexity index is 1170. The van der Waals surface area contributed by atoms with E-state index in [1.165, 1.54) is 16.7 Å². The van der Waals surface area contributed by atoms with Crippen LogP contribution in [0, 0.1) is 6.92 Å². The molecule has 2 N–H and O–H groups in total. The van der Waals surface area contributed by atoms with Crippen molar-refractivity contribution >= 4 is 30.2 Å². The summed E-state index contributed by atoms with van der Waals surface area (Å²) in [5.74, 6) is 0. The third kappa shape index (κ3) is 5.09. The maximum Gasteiger partial charge on any atom is 0.387 e. The summed E-state index contributed by atoms with van der Waals surface area (Å²) in [4.78, 5) is 0. The van der Waals surface area contributed by atoms with Crippen LogP contribution in [0.2, 0.25) is 0 Å². The first-order chi connectivity index (χ1) is 14.6. The van der Waals surface area contributed by atoms with Crippen LogP contribution < -0.4 is 10.3 Å². The second-order valence-corrected chi connectivity index (χ2v) is 12.9. The maximum absolute atomic E-state index is 6.54. The lowest BCUT2D eigenvalue weighted by atomic mass is 9.79. The summed E-state index contributed by atoms with van der Waals surface area (Å²) in [6.07, 6.45) is 0. The van der Waals surface area contributed by atoms with Crippen molar-refractivity contribution in [2.45, 2.75) is 85.5 Å². The predicted octanol–water partition coefficient (Wildman–Crippen LogP) is 7.88. The number of aryl methyl sites for hydroxylation is 1. The Hall–Kier alpha value is -1.74. The van der Waals surface area contributed by atoms with Gasteiger partial charge in [-0.1, -0.05) is 74.4 Å². The van der Waals surface area contributed by atoms with Gasteiger partial charge in [0.25, 0.3) is 0 Å². The number of rotatable bonds is 3. The summed E-state index contributed by atoms with van der Waals surface area (Å²) in [5, 5.41) is 2.15. The van der Waals surface area contributed by atoms with E-state index in [0.29, 0.717) is 13.2 Å². The third-order valence-electron chi connectivity index (χ3n) is 5.74. The molecular formula is C27H40NO3P. The van der Waals surface area contributed by atoms with Gasteiger partial charge in [0.05, 0.1) is 6.61 Å². The zero-order valence-electron chi connectivity index (χ0n) is 21.5. The highest BCUT2D eigenvalue weighted by atomic mass is 31.1. The smallest absolute Gasteiger partial charge is 0.387 e. The Morgan fingerprint density at radius 3 is 1.72 bits per heavy atom. The van der Waals surface area contributed by atoms with Crippen LogP contribution in [0.4, 0.5) is 0 Å². The van der Waals surface area contributed by atoms with E-state index in [1.54, 1.807) is 0 Å². The molecule has 4 nitrogen and oxygen atoms in total. The second-order valence-electron chi connectivity index (χ2n) is 11.9. The van der Waals surface area contributed by atoms with Gasteiger partial charge in [0.15, 0.2) is 0 Å². The van der Waals surface area contributed by atoms with Crippen molar-refractivity contribution in [3.05, 3.63) is 46.5 Å². The quantitative estimate of drug-likeness (QED) is 0.434. The normalized spacial score (nSPS) is 13.8. The Morgan fingerprint density at radius 2 is 1.25 bits per heavy atom. The van der Waals surface area contributed by atoms with Gasteiger partial charge in [0.1, 0.15) is 11.2 Å². The average molecular weight is 458 g/mol. The van der Waals surface area contributed by atoms with E-state index in [9.17, 15) is 0 Å². The summed E-state index contributed by atoms with van der Waals surface area (Å²) in [5.41, 5.74) is 12.1. The van der Waals surface area contributed by atoms with Crippen LogP contribution in [-0.4, -0.2) is 13.2 Å². The van der Waals surface area contributed by atoms with Gasteiger partial charge in [0.2, 0.25) is 0 Å². The van der Waals surface area contributed by atoms with Gasteiger partial charge in [-0.15, -0.1) is 0 Å². The Kier molecular flexibility index (Phi) is 6.66. The molecule has 0 radical (unpaired) electrons. The molecule has 3 rings (SSSR count). The fraction of sp³-hybridized carbons (Fsp3) is 0.556. The number of fused-ring (bicyclic) bond motifs is 3. The van der Waals surface area contributed by atoms with Gasteiger partial charge < -0.3 is 14.1 Å². The standard InChI is InChI=1S/C27H40NO3P/c1-17-13-19-20-15-18(25(2,3)4)16-22(27(8,9)10)24(20)31-32(29-12-11-28)30-23(19)21(14-17)26(5,6)7/h13-16H,11-12,28H2,1-10H3. The molecule has 0 aliphatic rings. The van der Waals surface area contributed by atoms with Crippen LogP contribution in [0.3, 0.4) is 0 Å². The molecule has 2 aromatic carbocycles. The van der Waals surface area contributed by atoms with Gasteiger partial charge in [-0.05, 0) is 46.4 Å². The zero-order chi connectivity index (χ0) is 24.1. The van der Waals surface area contributed by atoms with Gasteiger partial charge in [-0.2, -0.15) is 0 Å². The first-order valence-electron chi connectivity index (χ1n) is 11.5. The van der Waals surface area contributed by atoms with Crippen molar-refractivity contribution < 1.29 is 12.9 Å². The zero-order valence-corrected chi connectivity index (χ0v) is 22.4. The predicted molar refractivity (Wildman–Crippen MR) is 138 cm³/mol. The van der Waals surface area contributed by atoms with Crippen LogP contribution in [0.1, 0.15) is 84.6 Å². The summed E-state index contributed by atoms with van der Waals surface area (Å²) < 4.78 is 19.0. The largest absolute Gasteiger partial charge is 0.399 e. The molecule has 1 aromatic heterocycles. The molecule has 5 heteroatoms. The molecule has 3 aromatic rings. The van der Waals surface area contributed by atoms with Crippen LogP contribution in [0.5, 0.6) is 0 Å². The molecule has 0 bridgehead atoms. The molecule has 1 unspecified atom stereocenters. The highest BCUT2D eigenvalue weighted by Crippen LogP contribution is 2.43.